The third-order valence-electron chi connectivity index (χ3n) is 2.39. The highest BCUT2D eigenvalue weighted by Gasteiger charge is 2.36. The van der Waals surface area contributed by atoms with Crippen molar-refractivity contribution < 1.29 is 17.6 Å². The molecular weight excluding hydrogens is 276 g/mol. The number of alkyl halides is 3. The van der Waals surface area contributed by atoms with E-state index < -0.39 is 17.7 Å². The lowest BCUT2D eigenvalue weighted by Gasteiger charge is -2.13. The van der Waals surface area contributed by atoms with E-state index in [-0.39, 0.29) is 17.1 Å². The van der Waals surface area contributed by atoms with E-state index in [2.05, 4.69) is 20.3 Å². The van der Waals surface area contributed by atoms with Crippen LogP contribution in [-0.4, -0.2) is 21.5 Å². The maximum atomic E-state index is 13.0. The highest BCUT2D eigenvalue weighted by molar-refractivity contribution is 5.57. The lowest BCUT2D eigenvalue weighted by molar-refractivity contribution is -0.140. The number of aromatic nitrogens is 3. The Morgan fingerprint density at radius 3 is 2.55 bits per heavy atom. The van der Waals surface area contributed by atoms with E-state index in [1.54, 1.807) is 6.92 Å². The SMILES string of the molecule is CCNc1cnc(-c2cncc(F)c2)nc1C(F)(F)F. The topological polar surface area (TPSA) is 50.7 Å². The van der Waals surface area contributed by atoms with E-state index in [1.165, 1.54) is 6.20 Å². The minimum Gasteiger partial charge on any atom is -0.382 e. The summed E-state index contributed by atoms with van der Waals surface area (Å²) in [7, 11) is 0. The number of rotatable bonds is 3. The van der Waals surface area contributed by atoms with Crippen LogP contribution in [0, 0.1) is 5.82 Å². The molecule has 0 bridgehead atoms. The highest BCUT2D eigenvalue weighted by Crippen LogP contribution is 2.34. The van der Waals surface area contributed by atoms with Crippen LogP contribution in [0.3, 0.4) is 0 Å². The Kier molecular flexibility index (Phi) is 3.82. The average molecular weight is 286 g/mol. The molecule has 8 heteroatoms. The van der Waals surface area contributed by atoms with Crippen LogP contribution in [0.15, 0.2) is 24.7 Å². The number of nitrogens with zero attached hydrogens (tertiary/aromatic N) is 3. The smallest absolute Gasteiger partial charge is 0.382 e. The van der Waals surface area contributed by atoms with Crippen LogP contribution in [-0.2, 0) is 6.18 Å². The number of hydrogen-bond donors (Lipinski definition) is 1. The van der Waals surface area contributed by atoms with Crippen LogP contribution in [0.2, 0.25) is 0 Å². The molecule has 0 aliphatic heterocycles. The zero-order chi connectivity index (χ0) is 14.8. The normalized spacial score (nSPS) is 11.4. The molecule has 0 aliphatic rings. The number of pyridine rings is 1. The molecule has 2 heterocycles. The van der Waals surface area contributed by atoms with Crippen molar-refractivity contribution in [1.82, 2.24) is 15.0 Å². The molecule has 4 nitrogen and oxygen atoms in total. The quantitative estimate of drug-likeness (QED) is 0.881. The van der Waals surface area contributed by atoms with Crippen LogP contribution >= 0.6 is 0 Å². The lowest BCUT2D eigenvalue weighted by Crippen LogP contribution is -2.14. The second kappa shape index (κ2) is 5.40. The van der Waals surface area contributed by atoms with Crippen LogP contribution in [0.4, 0.5) is 23.2 Å². The molecule has 2 aromatic rings. The molecule has 2 aromatic heterocycles. The van der Waals surface area contributed by atoms with Gasteiger partial charge in [0.2, 0.25) is 0 Å². The summed E-state index contributed by atoms with van der Waals surface area (Å²) in [4.78, 5) is 10.8. The molecule has 0 unspecified atom stereocenters. The molecule has 0 saturated carbocycles. The number of anilines is 1. The first-order valence-electron chi connectivity index (χ1n) is 5.71. The largest absolute Gasteiger partial charge is 0.435 e. The van der Waals surface area contributed by atoms with Crippen molar-refractivity contribution in [3.63, 3.8) is 0 Å². The molecule has 0 fully saturated rings. The number of nitrogens with one attached hydrogen (secondary N) is 1. The predicted octanol–water partition coefficient (Wildman–Crippen LogP) is 3.13. The van der Waals surface area contributed by atoms with Gasteiger partial charge in [-0.05, 0) is 13.0 Å². The van der Waals surface area contributed by atoms with Gasteiger partial charge in [-0.1, -0.05) is 0 Å². The van der Waals surface area contributed by atoms with Gasteiger partial charge in [0.1, 0.15) is 5.82 Å². The molecular formula is C12H10F4N4. The maximum Gasteiger partial charge on any atom is 0.435 e. The summed E-state index contributed by atoms with van der Waals surface area (Å²) >= 11 is 0. The summed E-state index contributed by atoms with van der Waals surface area (Å²) < 4.78 is 51.8. The monoisotopic (exact) mass is 286 g/mol. The van der Waals surface area contributed by atoms with Gasteiger partial charge in [-0.25, -0.2) is 14.4 Å². The molecule has 0 amide bonds. The van der Waals surface area contributed by atoms with Crippen molar-refractivity contribution in [3.8, 4) is 11.4 Å². The Hall–Kier alpha value is -2.25. The molecule has 20 heavy (non-hydrogen) atoms. The van der Waals surface area contributed by atoms with Gasteiger partial charge in [-0.15, -0.1) is 0 Å². The van der Waals surface area contributed by atoms with E-state index >= 15 is 0 Å². The molecule has 1 N–H and O–H groups in total. The molecule has 106 valence electrons. The molecule has 2 rings (SSSR count). The number of halogens is 4. The zero-order valence-corrected chi connectivity index (χ0v) is 10.4. The third kappa shape index (κ3) is 3.01. The lowest BCUT2D eigenvalue weighted by atomic mass is 10.2. The first-order chi connectivity index (χ1) is 9.41. The van der Waals surface area contributed by atoms with E-state index in [4.69, 9.17) is 0 Å². The van der Waals surface area contributed by atoms with Crippen LogP contribution < -0.4 is 5.32 Å². The van der Waals surface area contributed by atoms with Gasteiger partial charge in [0.05, 0.1) is 18.1 Å². The highest BCUT2D eigenvalue weighted by atomic mass is 19.4. The van der Waals surface area contributed by atoms with E-state index in [1.807, 2.05) is 0 Å². The van der Waals surface area contributed by atoms with Gasteiger partial charge in [-0.2, -0.15) is 13.2 Å². The molecule has 0 radical (unpaired) electrons. The van der Waals surface area contributed by atoms with Gasteiger partial charge in [0.15, 0.2) is 11.5 Å². The van der Waals surface area contributed by atoms with Gasteiger partial charge in [0.25, 0.3) is 0 Å². The van der Waals surface area contributed by atoms with Gasteiger partial charge in [-0.3, -0.25) is 4.98 Å². The van der Waals surface area contributed by atoms with Crippen molar-refractivity contribution >= 4 is 5.69 Å². The Bertz CT molecular complexity index is 613. The molecule has 0 aromatic carbocycles. The Labute approximate surface area is 111 Å². The van der Waals surface area contributed by atoms with Crippen molar-refractivity contribution in [1.29, 1.82) is 0 Å². The molecule has 0 saturated heterocycles. The minimum absolute atomic E-state index is 0.0820. The Balaban J connectivity index is 2.52. The fourth-order valence-corrected chi connectivity index (χ4v) is 1.59. The second-order valence-corrected chi connectivity index (χ2v) is 3.88. The van der Waals surface area contributed by atoms with Crippen LogP contribution in [0.1, 0.15) is 12.6 Å². The van der Waals surface area contributed by atoms with Crippen molar-refractivity contribution in [2.75, 3.05) is 11.9 Å². The Morgan fingerprint density at radius 2 is 1.95 bits per heavy atom. The average Bonchev–Trinajstić information content (AvgIpc) is 2.38. The molecule has 0 spiro atoms. The summed E-state index contributed by atoms with van der Waals surface area (Å²) in [6.07, 6.45) is -1.46. The summed E-state index contributed by atoms with van der Waals surface area (Å²) in [5.41, 5.74) is -1.22. The van der Waals surface area contributed by atoms with Gasteiger partial charge in [0, 0.05) is 18.3 Å². The first kappa shape index (κ1) is 14.2. The standard InChI is InChI=1S/C12H10F4N4/c1-2-18-9-6-19-11(20-10(9)12(14,15)16)7-3-8(13)5-17-4-7/h3-6,18H,2H2,1H3. The van der Waals surface area contributed by atoms with Crippen molar-refractivity contribution in [2.24, 2.45) is 0 Å². The van der Waals surface area contributed by atoms with E-state index in [9.17, 15) is 17.6 Å². The van der Waals surface area contributed by atoms with Crippen molar-refractivity contribution in [3.05, 3.63) is 36.2 Å². The van der Waals surface area contributed by atoms with E-state index in [0.29, 0.717) is 6.54 Å². The second-order valence-electron chi connectivity index (χ2n) is 3.88. The van der Waals surface area contributed by atoms with Crippen LogP contribution in [0.25, 0.3) is 11.4 Å². The zero-order valence-electron chi connectivity index (χ0n) is 10.4. The maximum absolute atomic E-state index is 13.0. The Morgan fingerprint density at radius 1 is 1.20 bits per heavy atom. The van der Waals surface area contributed by atoms with Crippen LogP contribution in [0.5, 0.6) is 0 Å². The summed E-state index contributed by atoms with van der Waals surface area (Å²) in [5.74, 6) is -0.901. The third-order valence-corrected chi connectivity index (χ3v) is 2.39. The summed E-state index contributed by atoms with van der Waals surface area (Å²) in [6, 6.07) is 1.02. The summed E-state index contributed by atoms with van der Waals surface area (Å²) in [5, 5.41) is 2.54. The summed E-state index contributed by atoms with van der Waals surface area (Å²) in [6.45, 7) is 1.96. The minimum atomic E-state index is -4.63. The first-order valence-corrected chi connectivity index (χ1v) is 5.71. The van der Waals surface area contributed by atoms with Gasteiger partial charge < -0.3 is 5.32 Å². The molecule has 0 aliphatic carbocycles. The fraction of sp³-hybridized carbons (Fsp3) is 0.250. The van der Waals surface area contributed by atoms with Gasteiger partial charge >= 0.3 is 6.18 Å². The predicted molar refractivity (Wildman–Crippen MR) is 64.4 cm³/mol. The fourth-order valence-electron chi connectivity index (χ4n) is 1.59. The van der Waals surface area contributed by atoms with Crippen molar-refractivity contribution in [2.45, 2.75) is 13.1 Å². The number of hydrogen-bond acceptors (Lipinski definition) is 4. The van der Waals surface area contributed by atoms with E-state index in [0.717, 1.165) is 18.5 Å². The molecule has 0 atom stereocenters.